The summed E-state index contributed by atoms with van der Waals surface area (Å²) in [6.45, 7) is 8.10. The molecule has 1 fully saturated rings. The van der Waals surface area contributed by atoms with Crippen LogP contribution in [0.5, 0.6) is 0 Å². The van der Waals surface area contributed by atoms with E-state index in [0.29, 0.717) is 0 Å². The number of likely N-dealkylation sites (tertiary alicyclic amines) is 1. The Kier molecular flexibility index (Phi) is 5.87. The van der Waals surface area contributed by atoms with Crippen LogP contribution in [0.1, 0.15) is 39.2 Å². The van der Waals surface area contributed by atoms with Gasteiger partial charge in [-0.2, -0.15) is 0 Å². The molecule has 0 aliphatic carbocycles. The Morgan fingerprint density at radius 1 is 1.45 bits per heavy atom. The number of hydrogen-bond donors (Lipinski definition) is 1. The number of carbonyl (C=O) groups excluding carboxylic acids is 1. The van der Waals surface area contributed by atoms with Crippen molar-refractivity contribution in [1.82, 2.24) is 10.2 Å². The topological polar surface area (TPSA) is 41.6 Å². The number of hydrogen-bond acceptors (Lipinski definition) is 3. The van der Waals surface area contributed by atoms with Crippen molar-refractivity contribution in [2.75, 3.05) is 13.1 Å². The molecule has 2 rings (SSSR count). The molecule has 0 spiro atoms. The zero-order valence-electron chi connectivity index (χ0n) is 13.6. The molecular formula is C17H25BrN2O2. The van der Waals surface area contributed by atoms with Gasteiger partial charge in [0.15, 0.2) is 0 Å². The monoisotopic (exact) mass is 368 g/mol. The summed E-state index contributed by atoms with van der Waals surface area (Å²) in [6.07, 6.45) is 1.88. The van der Waals surface area contributed by atoms with Gasteiger partial charge in [-0.05, 0) is 51.3 Å². The second kappa shape index (κ2) is 7.47. The summed E-state index contributed by atoms with van der Waals surface area (Å²) in [5.74, 6) is 0. The molecule has 4 nitrogen and oxygen atoms in total. The van der Waals surface area contributed by atoms with E-state index in [4.69, 9.17) is 4.74 Å². The zero-order chi connectivity index (χ0) is 16.2. The summed E-state index contributed by atoms with van der Waals surface area (Å²) in [4.78, 5) is 14.1. The standard InChI is InChI=1S/C17H25BrN2O2/c1-17(2,3)22-16(21)20-9-5-8-15(20)12-19-11-13-6-4-7-14(18)10-13/h4,6-7,10,15,19H,5,8-9,11-12H2,1-3H3. The maximum atomic E-state index is 12.2. The number of nitrogens with zero attached hydrogens (tertiary/aromatic N) is 1. The van der Waals surface area contributed by atoms with Crippen molar-refractivity contribution in [3.63, 3.8) is 0 Å². The molecular weight excluding hydrogens is 344 g/mol. The molecule has 0 bridgehead atoms. The van der Waals surface area contributed by atoms with E-state index in [0.717, 1.165) is 36.9 Å². The average molecular weight is 369 g/mol. The number of carbonyl (C=O) groups is 1. The van der Waals surface area contributed by atoms with E-state index in [9.17, 15) is 4.79 Å². The number of benzene rings is 1. The van der Waals surface area contributed by atoms with Gasteiger partial charge in [0.25, 0.3) is 0 Å². The van der Waals surface area contributed by atoms with E-state index < -0.39 is 5.60 Å². The van der Waals surface area contributed by atoms with Crippen LogP contribution < -0.4 is 5.32 Å². The van der Waals surface area contributed by atoms with Gasteiger partial charge in [-0.3, -0.25) is 0 Å². The van der Waals surface area contributed by atoms with Gasteiger partial charge < -0.3 is 15.0 Å². The van der Waals surface area contributed by atoms with Crippen molar-refractivity contribution in [1.29, 1.82) is 0 Å². The molecule has 1 amide bonds. The molecule has 1 aromatic rings. The fourth-order valence-corrected chi connectivity index (χ4v) is 3.09. The second-order valence-electron chi connectivity index (χ2n) is 6.73. The van der Waals surface area contributed by atoms with Crippen LogP contribution in [0, 0.1) is 0 Å². The molecule has 1 aromatic carbocycles. The van der Waals surface area contributed by atoms with E-state index in [2.05, 4.69) is 33.4 Å². The third-order valence-electron chi connectivity index (χ3n) is 3.60. The second-order valence-corrected chi connectivity index (χ2v) is 7.65. The fourth-order valence-electron chi connectivity index (χ4n) is 2.64. The maximum absolute atomic E-state index is 12.2. The Bertz CT molecular complexity index is 514. The lowest BCUT2D eigenvalue weighted by molar-refractivity contribution is 0.0226. The highest BCUT2D eigenvalue weighted by Gasteiger charge is 2.31. The average Bonchev–Trinajstić information content (AvgIpc) is 2.85. The molecule has 1 aliphatic rings. The number of ether oxygens (including phenoxy) is 1. The fraction of sp³-hybridized carbons (Fsp3) is 0.588. The Hall–Kier alpha value is -1.07. The molecule has 1 saturated heterocycles. The smallest absolute Gasteiger partial charge is 0.410 e. The predicted octanol–water partition coefficient (Wildman–Crippen LogP) is 3.94. The highest BCUT2D eigenvalue weighted by atomic mass is 79.9. The molecule has 1 N–H and O–H groups in total. The molecule has 5 heteroatoms. The third kappa shape index (κ3) is 5.29. The van der Waals surface area contributed by atoms with Gasteiger partial charge in [0.2, 0.25) is 0 Å². The van der Waals surface area contributed by atoms with Crippen LogP contribution in [0.15, 0.2) is 28.7 Å². The Morgan fingerprint density at radius 2 is 2.23 bits per heavy atom. The number of rotatable bonds is 4. The van der Waals surface area contributed by atoms with Gasteiger partial charge >= 0.3 is 6.09 Å². The van der Waals surface area contributed by atoms with Crippen LogP contribution in [0.3, 0.4) is 0 Å². The third-order valence-corrected chi connectivity index (χ3v) is 4.10. The van der Waals surface area contributed by atoms with Crippen molar-refractivity contribution in [2.45, 2.75) is 51.8 Å². The van der Waals surface area contributed by atoms with Crippen LogP contribution in [-0.4, -0.2) is 35.7 Å². The van der Waals surface area contributed by atoms with E-state index in [1.165, 1.54) is 5.56 Å². The van der Waals surface area contributed by atoms with Crippen LogP contribution in [0.2, 0.25) is 0 Å². The summed E-state index contributed by atoms with van der Waals surface area (Å²) in [5, 5.41) is 3.45. The summed E-state index contributed by atoms with van der Waals surface area (Å²) < 4.78 is 6.57. The van der Waals surface area contributed by atoms with E-state index in [1.54, 1.807) is 0 Å². The lowest BCUT2D eigenvalue weighted by Gasteiger charge is -2.28. The number of halogens is 1. The lowest BCUT2D eigenvalue weighted by Crippen LogP contribution is -2.44. The van der Waals surface area contributed by atoms with Crippen LogP contribution in [0.4, 0.5) is 4.79 Å². The summed E-state index contributed by atoms with van der Waals surface area (Å²) in [6, 6.07) is 8.47. The van der Waals surface area contributed by atoms with Crippen molar-refractivity contribution in [3.8, 4) is 0 Å². The maximum Gasteiger partial charge on any atom is 0.410 e. The summed E-state index contributed by atoms with van der Waals surface area (Å²) in [5.41, 5.74) is 0.796. The normalized spacial score (nSPS) is 18.5. The van der Waals surface area contributed by atoms with E-state index in [-0.39, 0.29) is 12.1 Å². The van der Waals surface area contributed by atoms with E-state index >= 15 is 0 Å². The minimum atomic E-state index is -0.437. The molecule has 0 aromatic heterocycles. The van der Waals surface area contributed by atoms with Gasteiger partial charge in [0.1, 0.15) is 5.60 Å². The highest BCUT2D eigenvalue weighted by Crippen LogP contribution is 2.20. The highest BCUT2D eigenvalue weighted by molar-refractivity contribution is 9.10. The molecule has 22 heavy (non-hydrogen) atoms. The van der Waals surface area contributed by atoms with Crippen molar-refractivity contribution in [2.24, 2.45) is 0 Å². The Morgan fingerprint density at radius 3 is 2.91 bits per heavy atom. The number of nitrogens with one attached hydrogen (secondary N) is 1. The first-order valence-corrected chi connectivity index (χ1v) is 8.59. The molecule has 1 atom stereocenters. The minimum absolute atomic E-state index is 0.195. The van der Waals surface area contributed by atoms with Gasteiger partial charge in [-0.15, -0.1) is 0 Å². The molecule has 1 aliphatic heterocycles. The van der Waals surface area contributed by atoms with Crippen molar-refractivity contribution < 1.29 is 9.53 Å². The van der Waals surface area contributed by atoms with Gasteiger partial charge in [-0.1, -0.05) is 28.1 Å². The van der Waals surface area contributed by atoms with Gasteiger partial charge in [0.05, 0.1) is 0 Å². The first kappa shape index (κ1) is 17.3. The SMILES string of the molecule is CC(C)(C)OC(=O)N1CCCC1CNCc1cccc(Br)c1. The number of amides is 1. The minimum Gasteiger partial charge on any atom is -0.444 e. The Labute approximate surface area is 141 Å². The largest absolute Gasteiger partial charge is 0.444 e. The summed E-state index contributed by atoms with van der Waals surface area (Å²) in [7, 11) is 0. The predicted molar refractivity (Wildman–Crippen MR) is 91.8 cm³/mol. The van der Waals surface area contributed by atoms with E-state index in [1.807, 2.05) is 37.8 Å². The quantitative estimate of drug-likeness (QED) is 0.874. The molecule has 1 unspecified atom stereocenters. The summed E-state index contributed by atoms with van der Waals surface area (Å²) >= 11 is 3.48. The Balaban J connectivity index is 1.82. The van der Waals surface area contributed by atoms with Gasteiger partial charge in [-0.25, -0.2) is 4.79 Å². The molecule has 122 valence electrons. The first-order valence-electron chi connectivity index (χ1n) is 7.80. The molecule has 0 saturated carbocycles. The molecule has 1 heterocycles. The lowest BCUT2D eigenvalue weighted by atomic mass is 10.2. The van der Waals surface area contributed by atoms with Crippen molar-refractivity contribution in [3.05, 3.63) is 34.3 Å². The van der Waals surface area contributed by atoms with Gasteiger partial charge in [0, 0.05) is 30.1 Å². The van der Waals surface area contributed by atoms with Crippen LogP contribution in [-0.2, 0) is 11.3 Å². The zero-order valence-corrected chi connectivity index (χ0v) is 15.1. The van der Waals surface area contributed by atoms with Crippen LogP contribution >= 0.6 is 15.9 Å². The van der Waals surface area contributed by atoms with Crippen LogP contribution in [0.25, 0.3) is 0 Å². The van der Waals surface area contributed by atoms with Crippen molar-refractivity contribution >= 4 is 22.0 Å². The first-order chi connectivity index (χ1) is 10.3. The molecule has 0 radical (unpaired) electrons.